The van der Waals surface area contributed by atoms with E-state index in [0.29, 0.717) is 0 Å². The summed E-state index contributed by atoms with van der Waals surface area (Å²) in [6, 6.07) is 0. The quantitative estimate of drug-likeness (QED) is 0.474. The van der Waals surface area contributed by atoms with Gasteiger partial charge >= 0.3 is 0 Å². The lowest BCUT2D eigenvalue weighted by molar-refractivity contribution is 0.428. The second kappa shape index (κ2) is 1.82. The monoisotopic (exact) mass is 122 g/mol. The Hall–Kier alpha value is -0.0500. The smallest absolute Gasteiger partial charge is 0.156 e. The Labute approximate surface area is 44.6 Å². The molecule has 0 N–H and O–H groups in total. The van der Waals surface area contributed by atoms with Crippen molar-refractivity contribution in [3.63, 3.8) is 0 Å². The molecular weight excluding hydrogens is 118 g/mol. The van der Waals surface area contributed by atoms with Gasteiger partial charge in [0.05, 0.1) is 0 Å². The molecule has 1 aliphatic heterocycles. The average Bonchev–Trinajstić information content (AvgIpc) is 1.87. The van der Waals surface area contributed by atoms with Crippen LogP contribution in [0, 0.1) is 0 Å². The fraction of sp³-hybridized carbons (Fsp3) is 0.500. The maximum absolute atomic E-state index is 11.8. The number of alkyl halides is 1. The highest BCUT2D eigenvalue weighted by molar-refractivity contribution is 8.02. The standard InChI is InChI=1S/C4H4F2S/c5-3-1-4(6)7-2-3/h2,4H,1H2. The molecule has 0 spiro atoms. The molecular formula is C4H4F2S. The second-order valence-corrected chi connectivity index (χ2v) is 2.33. The number of allylic oxidation sites excluding steroid dienone is 1. The van der Waals surface area contributed by atoms with Crippen molar-refractivity contribution in [3.05, 3.63) is 11.2 Å². The van der Waals surface area contributed by atoms with E-state index < -0.39 is 5.50 Å². The first kappa shape index (κ1) is 5.09. The van der Waals surface area contributed by atoms with Gasteiger partial charge in [-0.15, -0.1) is 0 Å². The molecule has 1 atom stereocenters. The van der Waals surface area contributed by atoms with Crippen LogP contribution in [0.4, 0.5) is 8.78 Å². The van der Waals surface area contributed by atoms with Crippen LogP contribution in [0.2, 0.25) is 0 Å². The summed E-state index contributed by atoms with van der Waals surface area (Å²) in [7, 11) is 0. The van der Waals surface area contributed by atoms with Gasteiger partial charge in [0.25, 0.3) is 0 Å². The van der Waals surface area contributed by atoms with E-state index in [0.717, 1.165) is 11.8 Å². The molecule has 0 saturated heterocycles. The van der Waals surface area contributed by atoms with Gasteiger partial charge < -0.3 is 0 Å². The zero-order chi connectivity index (χ0) is 5.28. The Balaban J connectivity index is 2.42. The number of rotatable bonds is 0. The minimum atomic E-state index is -1.03. The number of hydrogen-bond donors (Lipinski definition) is 0. The van der Waals surface area contributed by atoms with Crippen LogP contribution in [0.1, 0.15) is 6.42 Å². The van der Waals surface area contributed by atoms with Gasteiger partial charge in [-0.25, -0.2) is 8.78 Å². The molecule has 0 bridgehead atoms. The van der Waals surface area contributed by atoms with Crippen LogP contribution >= 0.6 is 11.8 Å². The van der Waals surface area contributed by atoms with E-state index in [-0.39, 0.29) is 12.2 Å². The van der Waals surface area contributed by atoms with Crippen molar-refractivity contribution < 1.29 is 8.78 Å². The van der Waals surface area contributed by atoms with Gasteiger partial charge in [-0.05, 0) is 0 Å². The third-order valence-corrected chi connectivity index (χ3v) is 1.55. The van der Waals surface area contributed by atoms with Crippen molar-refractivity contribution in [2.45, 2.75) is 11.9 Å². The van der Waals surface area contributed by atoms with Crippen molar-refractivity contribution in [2.24, 2.45) is 0 Å². The van der Waals surface area contributed by atoms with Crippen LogP contribution in [-0.4, -0.2) is 5.50 Å². The number of thioether (sulfide) groups is 1. The molecule has 0 aromatic carbocycles. The van der Waals surface area contributed by atoms with Crippen molar-refractivity contribution in [1.82, 2.24) is 0 Å². The van der Waals surface area contributed by atoms with Crippen molar-refractivity contribution >= 4 is 11.8 Å². The Morgan fingerprint density at radius 2 is 2.57 bits per heavy atom. The first-order valence-corrected chi connectivity index (χ1v) is 2.87. The van der Waals surface area contributed by atoms with E-state index in [2.05, 4.69) is 0 Å². The molecule has 1 aliphatic rings. The predicted octanol–water partition coefficient (Wildman–Crippen LogP) is 2.23. The summed E-state index contributed by atoms with van der Waals surface area (Å²) in [5.41, 5.74) is -1.03. The van der Waals surface area contributed by atoms with Gasteiger partial charge in [-0.3, -0.25) is 0 Å². The Morgan fingerprint density at radius 1 is 1.86 bits per heavy atom. The molecule has 1 heterocycles. The molecule has 0 nitrogen and oxygen atoms in total. The Bertz CT molecular complexity index is 99.9. The summed E-state index contributed by atoms with van der Waals surface area (Å²) in [4.78, 5) is 0. The molecule has 7 heavy (non-hydrogen) atoms. The van der Waals surface area contributed by atoms with Crippen molar-refractivity contribution in [3.8, 4) is 0 Å². The molecule has 40 valence electrons. The molecule has 0 aliphatic carbocycles. The van der Waals surface area contributed by atoms with Crippen LogP contribution in [0.5, 0.6) is 0 Å². The topological polar surface area (TPSA) is 0 Å². The van der Waals surface area contributed by atoms with Crippen molar-refractivity contribution in [1.29, 1.82) is 0 Å². The first-order chi connectivity index (χ1) is 3.29. The van der Waals surface area contributed by atoms with E-state index in [1.807, 2.05) is 0 Å². The maximum Gasteiger partial charge on any atom is 0.156 e. The fourth-order valence-corrected chi connectivity index (χ4v) is 1.04. The zero-order valence-corrected chi connectivity index (χ0v) is 4.34. The summed E-state index contributed by atoms with van der Waals surface area (Å²) in [5.74, 6) is -0.336. The van der Waals surface area contributed by atoms with E-state index in [9.17, 15) is 8.78 Å². The minimum absolute atomic E-state index is 0.0370. The third kappa shape index (κ3) is 1.16. The molecule has 0 radical (unpaired) electrons. The SMILES string of the molecule is FC1=CSC(F)C1. The van der Waals surface area contributed by atoms with Crippen LogP contribution in [0.3, 0.4) is 0 Å². The van der Waals surface area contributed by atoms with E-state index in [1.54, 1.807) is 0 Å². The highest BCUT2D eigenvalue weighted by atomic mass is 32.2. The summed E-state index contributed by atoms with van der Waals surface area (Å²) < 4.78 is 23.6. The molecule has 0 amide bonds. The molecule has 1 rings (SSSR count). The van der Waals surface area contributed by atoms with Crippen LogP contribution in [0.15, 0.2) is 11.2 Å². The Morgan fingerprint density at radius 3 is 2.71 bits per heavy atom. The maximum atomic E-state index is 11.8. The normalized spacial score (nSPS) is 30.6. The van der Waals surface area contributed by atoms with Gasteiger partial charge in [0.15, 0.2) is 5.50 Å². The summed E-state index contributed by atoms with van der Waals surface area (Å²) in [5, 5.41) is 1.21. The lowest BCUT2D eigenvalue weighted by atomic mass is 10.4. The van der Waals surface area contributed by atoms with E-state index in [1.165, 1.54) is 5.41 Å². The minimum Gasteiger partial charge on any atom is -0.235 e. The molecule has 0 aromatic rings. The van der Waals surface area contributed by atoms with Gasteiger partial charge in [0.2, 0.25) is 0 Å². The van der Waals surface area contributed by atoms with Crippen LogP contribution in [0.25, 0.3) is 0 Å². The van der Waals surface area contributed by atoms with Gasteiger partial charge in [0.1, 0.15) is 5.83 Å². The summed E-state index contributed by atoms with van der Waals surface area (Å²) in [6.07, 6.45) is -0.0370. The van der Waals surface area contributed by atoms with Crippen molar-refractivity contribution in [2.75, 3.05) is 0 Å². The van der Waals surface area contributed by atoms with Gasteiger partial charge in [-0.1, -0.05) is 11.8 Å². The van der Waals surface area contributed by atoms with Gasteiger partial charge in [-0.2, -0.15) is 0 Å². The Kier molecular flexibility index (Phi) is 1.32. The lowest BCUT2D eigenvalue weighted by Crippen LogP contribution is -1.82. The average molecular weight is 122 g/mol. The highest BCUT2D eigenvalue weighted by Gasteiger charge is 2.15. The molecule has 0 fully saturated rings. The van der Waals surface area contributed by atoms with Crippen LogP contribution in [-0.2, 0) is 0 Å². The fourth-order valence-electron chi connectivity index (χ4n) is 0.397. The lowest BCUT2D eigenvalue weighted by Gasteiger charge is -1.87. The predicted molar refractivity (Wildman–Crippen MR) is 26.3 cm³/mol. The molecule has 1 unspecified atom stereocenters. The molecule has 3 heteroatoms. The van der Waals surface area contributed by atoms with Gasteiger partial charge in [0, 0.05) is 11.8 Å². The molecule has 0 saturated carbocycles. The highest BCUT2D eigenvalue weighted by Crippen LogP contribution is 2.30. The zero-order valence-electron chi connectivity index (χ0n) is 3.53. The number of hydrogen-bond acceptors (Lipinski definition) is 1. The summed E-state index contributed by atoms with van der Waals surface area (Å²) >= 11 is 0.902. The molecule has 0 aromatic heterocycles. The summed E-state index contributed by atoms with van der Waals surface area (Å²) in [6.45, 7) is 0. The first-order valence-electron chi connectivity index (χ1n) is 1.93. The number of halogens is 2. The largest absolute Gasteiger partial charge is 0.235 e. The third-order valence-electron chi connectivity index (χ3n) is 0.699. The van der Waals surface area contributed by atoms with E-state index in [4.69, 9.17) is 0 Å². The van der Waals surface area contributed by atoms with Crippen LogP contribution < -0.4 is 0 Å². The second-order valence-electron chi connectivity index (χ2n) is 1.31. The van der Waals surface area contributed by atoms with E-state index >= 15 is 0 Å².